The van der Waals surface area contributed by atoms with Crippen LogP contribution in [-0.2, 0) is 20.6 Å². The molecule has 0 saturated heterocycles. The van der Waals surface area contributed by atoms with Crippen LogP contribution in [0.4, 0.5) is 8.78 Å². The molecule has 0 radical (unpaired) electrons. The minimum atomic E-state index is -4.01. The van der Waals surface area contributed by atoms with Crippen molar-refractivity contribution in [2.24, 2.45) is 0 Å². The summed E-state index contributed by atoms with van der Waals surface area (Å²) >= 11 is 0. The molecule has 19 heavy (non-hydrogen) atoms. The van der Waals surface area contributed by atoms with E-state index in [2.05, 4.69) is 0 Å². The van der Waals surface area contributed by atoms with Crippen LogP contribution in [0.2, 0.25) is 0 Å². The van der Waals surface area contributed by atoms with E-state index in [0.29, 0.717) is 4.31 Å². The van der Waals surface area contributed by atoms with Gasteiger partial charge in [0.25, 0.3) is 0 Å². The quantitative estimate of drug-likeness (QED) is 0.855. The van der Waals surface area contributed by atoms with Gasteiger partial charge in [0.1, 0.15) is 6.54 Å². The number of hydrogen-bond donors (Lipinski definition) is 1. The molecule has 1 aromatic carbocycles. The van der Waals surface area contributed by atoms with E-state index in [0.717, 1.165) is 12.1 Å². The summed E-state index contributed by atoms with van der Waals surface area (Å²) in [6.45, 7) is 0.684. The number of carboxylic acid groups (broad SMARTS) is 1. The maximum atomic E-state index is 13.4. The van der Waals surface area contributed by atoms with Gasteiger partial charge in [0.05, 0.1) is 5.75 Å². The topological polar surface area (TPSA) is 74.7 Å². The SMILES string of the molecule is CCN(CC(=O)O)S(=O)(=O)Cc1cccc(F)c1F. The zero-order valence-electron chi connectivity index (χ0n) is 10.1. The summed E-state index contributed by atoms with van der Waals surface area (Å²) in [4.78, 5) is 10.5. The van der Waals surface area contributed by atoms with Crippen molar-refractivity contribution in [2.75, 3.05) is 13.1 Å². The Labute approximate surface area is 109 Å². The largest absolute Gasteiger partial charge is 0.480 e. The Hall–Kier alpha value is -1.54. The van der Waals surface area contributed by atoms with Gasteiger partial charge >= 0.3 is 5.97 Å². The van der Waals surface area contributed by atoms with Crippen molar-refractivity contribution in [3.05, 3.63) is 35.4 Å². The molecular weight excluding hydrogens is 280 g/mol. The highest BCUT2D eigenvalue weighted by Crippen LogP contribution is 2.16. The van der Waals surface area contributed by atoms with E-state index in [1.807, 2.05) is 0 Å². The van der Waals surface area contributed by atoms with Gasteiger partial charge in [0, 0.05) is 12.1 Å². The summed E-state index contributed by atoms with van der Waals surface area (Å²) in [6.07, 6.45) is 0. The Morgan fingerprint density at radius 1 is 1.37 bits per heavy atom. The maximum Gasteiger partial charge on any atom is 0.318 e. The summed E-state index contributed by atoms with van der Waals surface area (Å²) in [7, 11) is -4.01. The molecule has 8 heteroatoms. The minimum absolute atomic E-state index is 0.0639. The van der Waals surface area contributed by atoms with Crippen molar-refractivity contribution in [1.82, 2.24) is 4.31 Å². The smallest absolute Gasteiger partial charge is 0.318 e. The molecule has 0 unspecified atom stereocenters. The normalized spacial score (nSPS) is 11.8. The molecule has 1 N–H and O–H groups in total. The van der Waals surface area contributed by atoms with Crippen molar-refractivity contribution in [2.45, 2.75) is 12.7 Å². The summed E-state index contributed by atoms with van der Waals surface area (Å²) in [6, 6.07) is 3.21. The molecule has 0 aliphatic heterocycles. The molecule has 0 bridgehead atoms. The number of nitrogens with zero attached hydrogens (tertiary/aromatic N) is 1. The molecule has 0 amide bonds. The summed E-state index contributed by atoms with van der Waals surface area (Å²) in [5.74, 6) is -4.48. The zero-order valence-corrected chi connectivity index (χ0v) is 11.0. The van der Waals surface area contributed by atoms with E-state index >= 15 is 0 Å². The molecule has 1 rings (SSSR count). The van der Waals surface area contributed by atoms with Crippen LogP contribution >= 0.6 is 0 Å². The average molecular weight is 293 g/mol. The van der Waals surface area contributed by atoms with Crippen LogP contribution < -0.4 is 0 Å². The molecule has 0 aromatic heterocycles. The second-order valence-corrected chi connectivity index (χ2v) is 5.76. The number of benzene rings is 1. The van der Waals surface area contributed by atoms with Gasteiger partial charge in [-0.25, -0.2) is 17.2 Å². The predicted octanol–water partition coefficient (Wildman–Crippen LogP) is 1.20. The molecule has 0 aliphatic carbocycles. The lowest BCUT2D eigenvalue weighted by Gasteiger charge is -2.18. The highest BCUT2D eigenvalue weighted by molar-refractivity contribution is 7.88. The number of carboxylic acids is 1. The van der Waals surface area contributed by atoms with Crippen molar-refractivity contribution >= 4 is 16.0 Å². The van der Waals surface area contributed by atoms with E-state index in [4.69, 9.17) is 5.11 Å². The third-order valence-electron chi connectivity index (χ3n) is 2.43. The lowest BCUT2D eigenvalue weighted by Crippen LogP contribution is -2.36. The van der Waals surface area contributed by atoms with Crippen molar-refractivity contribution in [1.29, 1.82) is 0 Å². The van der Waals surface area contributed by atoms with Crippen LogP contribution in [0.25, 0.3) is 0 Å². The van der Waals surface area contributed by atoms with E-state index in [1.165, 1.54) is 13.0 Å². The molecule has 5 nitrogen and oxygen atoms in total. The number of halogens is 2. The summed E-state index contributed by atoms with van der Waals surface area (Å²) in [5.41, 5.74) is -0.330. The number of sulfonamides is 1. The third-order valence-corrected chi connectivity index (χ3v) is 4.28. The van der Waals surface area contributed by atoms with Crippen LogP contribution in [0.1, 0.15) is 12.5 Å². The fourth-order valence-corrected chi connectivity index (χ4v) is 3.00. The first-order valence-electron chi connectivity index (χ1n) is 5.40. The van der Waals surface area contributed by atoms with Gasteiger partial charge in [0.15, 0.2) is 11.6 Å². The number of aliphatic carboxylic acids is 1. The van der Waals surface area contributed by atoms with Gasteiger partial charge in [-0.3, -0.25) is 4.79 Å². The van der Waals surface area contributed by atoms with E-state index < -0.39 is 39.9 Å². The van der Waals surface area contributed by atoms with Crippen LogP contribution in [-0.4, -0.2) is 36.9 Å². The predicted molar refractivity (Wildman–Crippen MR) is 63.9 cm³/mol. The monoisotopic (exact) mass is 293 g/mol. The third kappa shape index (κ3) is 3.97. The van der Waals surface area contributed by atoms with Gasteiger partial charge in [-0.15, -0.1) is 0 Å². The Morgan fingerprint density at radius 3 is 2.53 bits per heavy atom. The zero-order chi connectivity index (χ0) is 14.6. The number of carbonyl (C=O) groups is 1. The maximum absolute atomic E-state index is 13.4. The first kappa shape index (κ1) is 15.5. The van der Waals surface area contributed by atoms with Crippen molar-refractivity contribution in [3.63, 3.8) is 0 Å². The van der Waals surface area contributed by atoms with Gasteiger partial charge < -0.3 is 5.11 Å². The Bertz CT molecular complexity index is 574. The van der Waals surface area contributed by atoms with Crippen molar-refractivity contribution in [3.8, 4) is 0 Å². The van der Waals surface area contributed by atoms with Crippen LogP contribution in [0.15, 0.2) is 18.2 Å². The van der Waals surface area contributed by atoms with Crippen LogP contribution in [0.3, 0.4) is 0 Å². The van der Waals surface area contributed by atoms with Crippen LogP contribution in [0.5, 0.6) is 0 Å². The molecule has 0 fully saturated rings. The lowest BCUT2D eigenvalue weighted by atomic mass is 10.2. The fraction of sp³-hybridized carbons (Fsp3) is 0.364. The molecule has 0 saturated carbocycles. The molecule has 1 aromatic rings. The summed E-state index contributed by atoms with van der Waals surface area (Å²) in [5, 5.41) is 8.60. The highest BCUT2D eigenvalue weighted by atomic mass is 32.2. The minimum Gasteiger partial charge on any atom is -0.480 e. The lowest BCUT2D eigenvalue weighted by molar-refractivity contribution is -0.137. The number of rotatable bonds is 6. The first-order valence-corrected chi connectivity index (χ1v) is 7.01. The van der Waals surface area contributed by atoms with Gasteiger partial charge in [-0.1, -0.05) is 19.1 Å². The molecule has 0 aliphatic rings. The average Bonchev–Trinajstić information content (AvgIpc) is 2.31. The Morgan fingerprint density at radius 2 is 2.00 bits per heavy atom. The van der Waals surface area contributed by atoms with Crippen LogP contribution in [0, 0.1) is 11.6 Å². The molecule has 0 atom stereocenters. The molecule has 0 spiro atoms. The number of likely N-dealkylation sites (N-methyl/N-ethyl adjacent to an activating group) is 1. The molecule has 0 heterocycles. The summed E-state index contributed by atoms with van der Waals surface area (Å²) < 4.78 is 50.9. The highest BCUT2D eigenvalue weighted by Gasteiger charge is 2.25. The van der Waals surface area contributed by atoms with E-state index in [-0.39, 0.29) is 12.1 Å². The van der Waals surface area contributed by atoms with Crippen molar-refractivity contribution < 1.29 is 27.1 Å². The van der Waals surface area contributed by atoms with E-state index in [9.17, 15) is 22.0 Å². The van der Waals surface area contributed by atoms with E-state index in [1.54, 1.807) is 0 Å². The first-order chi connectivity index (χ1) is 8.77. The van der Waals surface area contributed by atoms with Gasteiger partial charge in [-0.2, -0.15) is 4.31 Å². The Balaban J connectivity index is 3.01. The number of hydrogen-bond acceptors (Lipinski definition) is 3. The second kappa shape index (κ2) is 6.07. The fourth-order valence-electron chi connectivity index (χ4n) is 1.51. The Kier molecular flexibility index (Phi) is 4.96. The molecular formula is C11H13F2NO4S. The molecule has 106 valence electrons. The standard InChI is InChI=1S/C11H13F2NO4S/c1-2-14(6-10(15)16)19(17,18)7-8-4-3-5-9(12)11(8)13/h3-5H,2,6-7H2,1H3,(H,15,16). The van der Waals surface area contributed by atoms with Gasteiger partial charge in [-0.05, 0) is 6.07 Å². The second-order valence-electron chi connectivity index (χ2n) is 3.79. The van der Waals surface area contributed by atoms with Gasteiger partial charge in [0.2, 0.25) is 10.0 Å².